The zero-order valence-corrected chi connectivity index (χ0v) is 18.7. The molecule has 1 atom stereocenters. The number of hydrogen-bond donors (Lipinski definition) is 2. The summed E-state index contributed by atoms with van der Waals surface area (Å²) >= 11 is 6.18. The average molecular weight is 474 g/mol. The van der Waals surface area contributed by atoms with E-state index in [0.29, 0.717) is 26.9 Å². The molecule has 0 saturated heterocycles. The fourth-order valence-corrected chi connectivity index (χ4v) is 4.20. The number of ether oxygens (including phenoxy) is 1. The summed E-state index contributed by atoms with van der Waals surface area (Å²) in [7, 11) is 0. The number of aromatic amines is 1. The SMILES string of the molecule is O=C(OCc1ccccc1)C1CC(c2[nH]c(=O)n(-c3ccccc3)c2O)=c2ccc(Cl)cc2=N1. The van der Waals surface area contributed by atoms with Crippen molar-refractivity contribution in [1.82, 2.24) is 9.55 Å². The lowest BCUT2D eigenvalue weighted by Crippen LogP contribution is -2.38. The quantitative estimate of drug-likeness (QED) is 0.436. The predicted molar refractivity (Wildman–Crippen MR) is 127 cm³/mol. The van der Waals surface area contributed by atoms with Crippen LogP contribution in [0.1, 0.15) is 17.7 Å². The van der Waals surface area contributed by atoms with Crippen molar-refractivity contribution in [2.45, 2.75) is 19.1 Å². The molecule has 7 nitrogen and oxygen atoms in total. The van der Waals surface area contributed by atoms with E-state index in [-0.39, 0.29) is 24.6 Å². The highest BCUT2D eigenvalue weighted by molar-refractivity contribution is 6.30. The van der Waals surface area contributed by atoms with Crippen molar-refractivity contribution in [3.8, 4) is 11.6 Å². The van der Waals surface area contributed by atoms with Crippen LogP contribution in [0, 0.1) is 0 Å². The summed E-state index contributed by atoms with van der Waals surface area (Å²) in [6.45, 7) is 0.121. The van der Waals surface area contributed by atoms with Crippen LogP contribution in [0.5, 0.6) is 5.88 Å². The molecule has 2 heterocycles. The van der Waals surface area contributed by atoms with Crippen LogP contribution in [0.2, 0.25) is 5.02 Å². The summed E-state index contributed by atoms with van der Waals surface area (Å²) < 4.78 is 6.69. The van der Waals surface area contributed by atoms with Crippen molar-refractivity contribution < 1.29 is 14.6 Å². The fourth-order valence-electron chi connectivity index (χ4n) is 4.04. The number of halogens is 1. The van der Waals surface area contributed by atoms with E-state index in [1.165, 1.54) is 4.57 Å². The molecule has 3 aromatic carbocycles. The molecule has 1 aromatic heterocycles. The van der Waals surface area contributed by atoms with E-state index < -0.39 is 17.7 Å². The molecule has 1 aliphatic rings. The molecular weight excluding hydrogens is 454 g/mol. The number of nitrogens with zero attached hydrogens (tertiary/aromatic N) is 2. The van der Waals surface area contributed by atoms with E-state index in [1.54, 1.807) is 42.5 Å². The molecule has 34 heavy (non-hydrogen) atoms. The lowest BCUT2D eigenvalue weighted by atomic mass is 9.97. The van der Waals surface area contributed by atoms with Gasteiger partial charge in [0.05, 0.1) is 11.0 Å². The third-order valence-corrected chi connectivity index (χ3v) is 5.89. The summed E-state index contributed by atoms with van der Waals surface area (Å²) in [4.78, 5) is 33.0. The number of imidazole rings is 1. The molecule has 0 fully saturated rings. The molecule has 8 heteroatoms. The van der Waals surface area contributed by atoms with Gasteiger partial charge in [-0.2, -0.15) is 0 Å². The second-order valence-corrected chi connectivity index (χ2v) is 8.32. The highest BCUT2D eigenvalue weighted by Gasteiger charge is 2.28. The standard InChI is InChI=1S/C26H20ClN3O4/c27-17-11-12-19-20(23-24(31)30(26(33)29-23)18-9-5-2-6-10-18)14-22(28-21(19)13-17)25(32)34-15-16-7-3-1-4-8-16/h1-13,22,31H,14-15H2,(H,29,33). The van der Waals surface area contributed by atoms with Crippen LogP contribution < -0.4 is 16.3 Å². The number of H-pyrrole nitrogens is 1. The number of aromatic hydroxyl groups is 1. The Hall–Kier alpha value is -4.10. The third-order valence-electron chi connectivity index (χ3n) is 5.66. The van der Waals surface area contributed by atoms with E-state index in [2.05, 4.69) is 9.98 Å². The molecule has 1 unspecified atom stereocenters. The van der Waals surface area contributed by atoms with Gasteiger partial charge in [0.1, 0.15) is 12.3 Å². The molecule has 1 aliphatic heterocycles. The van der Waals surface area contributed by atoms with Gasteiger partial charge >= 0.3 is 11.7 Å². The first-order valence-electron chi connectivity index (χ1n) is 10.7. The van der Waals surface area contributed by atoms with E-state index in [0.717, 1.165) is 5.56 Å². The maximum atomic E-state index is 12.9. The van der Waals surface area contributed by atoms with Gasteiger partial charge < -0.3 is 14.8 Å². The summed E-state index contributed by atoms with van der Waals surface area (Å²) in [6.07, 6.45) is 0.143. The Morgan fingerprint density at radius 2 is 1.79 bits per heavy atom. The monoisotopic (exact) mass is 473 g/mol. The molecule has 5 rings (SSSR count). The molecule has 0 saturated carbocycles. The van der Waals surface area contributed by atoms with Crippen molar-refractivity contribution in [2.75, 3.05) is 0 Å². The molecule has 4 aromatic rings. The number of benzene rings is 3. The number of carbonyl (C=O) groups is 1. The summed E-state index contributed by atoms with van der Waals surface area (Å²) in [5.41, 5.74) is 1.69. The first-order chi connectivity index (χ1) is 16.5. The van der Waals surface area contributed by atoms with E-state index in [1.807, 2.05) is 36.4 Å². The Morgan fingerprint density at radius 3 is 2.53 bits per heavy atom. The Morgan fingerprint density at radius 1 is 1.09 bits per heavy atom. The normalized spacial score (nSPS) is 14.9. The number of para-hydroxylation sites is 1. The lowest BCUT2D eigenvalue weighted by Gasteiger charge is -2.18. The molecule has 0 bridgehead atoms. The van der Waals surface area contributed by atoms with Gasteiger partial charge in [-0.1, -0.05) is 66.2 Å². The Bertz CT molecular complexity index is 1540. The molecule has 2 N–H and O–H groups in total. The van der Waals surface area contributed by atoms with E-state index in [9.17, 15) is 14.7 Å². The van der Waals surface area contributed by atoms with Gasteiger partial charge in [0.15, 0.2) is 6.04 Å². The van der Waals surface area contributed by atoms with Crippen LogP contribution >= 0.6 is 11.6 Å². The van der Waals surface area contributed by atoms with Gasteiger partial charge in [-0.05, 0) is 35.4 Å². The smallest absolute Gasteiger partial charge is 0.333 e. The van der Waals surface area contributed by atoms with E-state index >= 15 is 0 Å². The zero-order valence-electron chi connectivity index (χ0n) is 17.9. The van der Waals surface area contributed by atoms with Crippen LogP contribution in [0.15, 0.2) is 88.6 Å². The van der Waals surface area contributed by atoms with Gasteiger partial charge in [-0.25, -0.2) is 14.2 Å². The first kappa shape index (κ1) is 21.7. The zero-order chi connectivity index (χ0) is 23.7. The number of rotatable bonds is 5. The van der Waals surface area contributed by atoms with Crippen molar-refractivity contribution in [3.05, 3.63) is 116 Å². The van der Waals surface area contributed by atoms with Crippen molar-refractivity contribution >= 4 is 23.1 Å². The second kappa shape index (κ2) is 9.03. The number of hydrogen-bond acceptors (Lipinski definition) is 5. The summed E-state index contributed by atoms with van der Waals surface area (Å²) in [5.74, 6) is -0.748. The highest BCUT2D eigenvalue weighted by Crippen LogP contribution is 2.28. The molecule has 0 aliphatic carbocycles. The van der Waals surface area contributed by atoms with E-state index in [4.69, 9.17) is 16.3 Å². The third kappa shape index (κ3) is 4.13. The van der Waals surface area contributed by atoms with Gasteiger partial charge in [-0.15, -0.1) is 0 Å². The highest BCUT2D eigenvalue weighted by atomic mass is 35.5. The maximum absolute atomic E-state index is 12.9. The minimum atomic E-state index is -0.854. The van der Waals surface area contributed by atoms with Gasteiger partial charge in [0.25, 0.3) is 0 Å². The summed E-state index contributed by atoms with van der Waals surface area (Å²) in [5, 5.41) is 12.6. The average Bonchev–Trinajstić information content (AvgIpc) is 3.16. The summed E-state index contributed by atoms with van der Waals surface area (Å²) in [6, 6.07) is 22.4. The number of esters is 1. The molecule has 170 valence electrons. The van der Waals surface area contributed by atoms with Crippen molar-refractivity contribution in [1.29, 1.82) is 0 Å². The minimum Gasteiger partial charge on any atom is -0.493 e. The number of carbonyl (C=O) groups excluding carboxylic acids is 1. The van der Waals surface area contributed by atoms with Gasteiger partial charge in [0, 0.05) is 16.7 Å². The van der Waals surface area contributed by atoms with Crippen molar-refractivity contribution in [2.24, 2.45) is 4.99 Å². The Labute approximate surface area is 199 Å². The molecule has 0 amide bonds. The van der Waals surface area contributed by atoms with Crippen LogP contribution in [-0.4, -0.2) is 26.7 Å². The lowest BCUT2D eigenvalue weighted by molar-refractivity contribution is -0.146. The second-order valence-electron chi connectivity index (χ2n) is 7.88. The van der Waals surface area contributed by atoms with Gasteiger partial charge in [0.2, 0.25) is 5.88 Å². The molecule has 0 spiro atoms. The Kier molecular flexibility index (Phi) is 5.77. The fraction of sp³-hybridized carbons (Fsp3) is 0.115. The number of aromatic nitrogens is 2. The van der Waals surface area contributed by atoms with Crippen LogP contribution in [0.25, 0.3) is 11.3 Å². The van der Waals surface area contributed by atoms with Crippen LogP contribution in [0.4, 0.5) is 0 Å². The number of fused-ring (bicyclic) bond motifs is 1. The maximum Gasteiger partial charge on any atom is 0.333 e. The molecular formula is C26H20ClN3O4. The largest absolute Gasteiger partial charge is 0.493 e. The molecule has 0 radical (unpaired) electrons. The van der Waals surface area contributed by atoms with Crippen LogP contribution in [-0.2, 0) is 16.1 Å². The van der Waals surface area contributed by atoms with Gasteiger partial charge in [-0.3, -0.25) is 4.99 Å². The topological polar surface area (TPSA) is 96.7 Å². The van der Waals surface area contributed by atoms with Crippen LogP contribution in [0.3, 0.4) is 0 Å². The van der Waals surface area contributed by atoms with Crippen molar-refractivity contribution in [3.63, 3.8) is 0 Å². The number of nitrogens with one attached hydrogen (secondary N) is 1. The predicted octanol–water partition coefficient (Wildman–Crippen LogP) is 2.86. The Balaban J connectivity index is 1.55. The first-order valence-corrected chi connectivity index (χ1v) is 11.1. The minimum absolute atomic E-state index is 0.121.